The van der Waals surface area contributed by atoms with Crippen LogP contribution in [0.15, 0.2) is 36.4 Å². The Bertz CT molecular complexity index is 570. The SMILES string of the molecule is COc1cc(OC)nc(NC(C)(CO)c2ccccc2)n1. The van der Waals surface area contributed by atoms with Crippen molar-refractivity contribution in [2.45, 2.75) is 12.5 Å². The molecule has 2 aromatic rings. The third-order valence-corrected chi connectivity index (χ3v) is 3.21. The largest absolute Gasteiger partial charge is 0.481 e. The van der Waals surface area contributed by atoms with E-state index in [2.05, 4.69) is 15.3 Å². The normalized spacial score (nSPS) is 13.3. The first kappa shape index (κ1) is 15.1. The standard InChI is InChI=1S/C15H19N3O3/c1-15(10-19,11-7-5-4-6-8-11)18-14-16-12(20-2)9-13(17-14)21-3/h4-9,19H,10H2,1-3H3,(H,16,17,18). The zero-order valence-electron chi connectivity index (χ0n) is 12.3. The maximum absolute atomic E-state index is 9.77. The van der Waals surface area contributed by atoms with E-state index in [1.807, 2.05) is 37.3 Å². The van der Waals surface area contributed by atoms with Crippen molar-refractivity contribution in [2.75, 3.05) is 26.1 Å². The highest BCUT2D eigenvalue weighted by atomic mass is 16.5. The van der Waals surface area contributed by atoms with Crippen molar-refractivity contribution in [3.8, 4) is 11.8 Å². The van der Waals surface area contributed by atoms with Crippen LogP contribution >= 0.6 is 0 Å². The van der Waals surface area contributed by atoms with E-state index in [4.69, 9.17) is 9.47 Å². The van der Waals surface area contributed by atoms with Crippen molar-refractivity contribution in [2.24, 2.45) is 0 Å². The number of nitrogens with one attached hydrogen (secondary N) is 1. The number of benzene rings is 1. The summed E-state index contributed by atoms with van der Waals surface area (Å²) >= 11 is 0. The van der Waals surface area contributed by atoms with Gasteiger partial charge in [-0.25, -0.2) is 0 Å². The molecule has 1 heterocycles. The molecule has 0 fully saturated rings. The van der Waals surface area contributed by atoms with Crippen molar-refractivity contribution in [1.29, 1.82) is 0 Å². The summed E-state index contributed by atoms with van der Waals surface area (Å²) in [6.07, 6.45) is 0. The van der Waals surface area contributed by atoms with E-state index in [-0.39, 0.29) is 6.61 Å². The van der Waals surface area contributed by atoms with Crippen molar-refractivity contribution in [1.82, 2.24) is 9.97 Å². The molecule has 112 valence electrons. The molecular formula is C15H19N3O3. The molecule has 0 saturated heterocycles. The molecule has 0 aliphatic carbocycles. The molecule has 2 rings (SSSR count). The molecule has 6 heteroatoms. The van der Waals surface area contributed by atoms with Crippen LogP contribution in [0.3, 0.4) is 0 Å². The summed E-state index contributed by atoms with van der Waals surface area (Å²) in [5.74, 6) is 1.10. The molecule has 0 saturated carbocycles. The number of aliphatic hydroxyl groups excluding tert-OH is 1. The lowest BCUT2D eigenvalue weighted by Crippen LogP contribution is -2.36. The molecule has 6 nitrogen and oxygen atoms in total. The fourth-order valence-corrected chi connectivity index (χ4v) is 1.92. The van der Waals surface area contributed by atoms with Crippen LogP contribution in [-0.4, -0.2) is 35.9 Å². The molecule has 2 N–H and O–H groups in total. The molecule has 1 aromatic heterocycles. The Balaban J connectivity index is 2.34. The minimum Gasteiger partial charge on any atom is -0.481 e. The second-order valence-electron chi connectivity index (χ2n) is 4.76. The summed E-state index contributed by atoms with van der Waals surface area (Å²) < 4.78 is 10.2. The molecule has 0 amide bonds. The third-order valence-electron chi connectivity index (χ3n) is 3.21. The Kier molecular flexibility index (Phi) is 4.59. The number of hydrogen-bond acceptors (Lipinski definition) is 6. The number of nitrogens with zero attached hydrogens (tertiary/aromatic N) is 2. The van der Waals surface area contributed by atoms with Crippen LogP contribution in [-0.2, 0) is 5.54 Å². The Labute approximate surface area is 123 Å². The van der Waals surface area contributed by atoms with Crippen molar-refractivity contribution in [3.05, 3.63) is 42.0 Å². The van der Waals surface area contributed by atoms with Gasteiger partial charge >= 0.3 is 0 Å². The van der Waals surface area contributed by atoms with Gasteiger partial charge < -0.3 is 19.9 Å². The maximum Gasteiger partial charge on any atom is 0.230 e. The number of methoxy groups -OCH3 is 2. The van der Waals surface area contributed by atoms with E-state index >= 15 is 0 Å². The highest BCUT2D eigenvalue weighted by Gasteiger charge is 2.27. The minimum absolute atomic E-state index is 0.111. The summed E-state index contributed by atoms with van der Waals surface area (Å²) in [5, 5.41) is 12.9. The number of aromatic nitrogens is 2. The first-order chi connectivity index (χ1) is 10.1. The van der Waals surface area contributed by atoms with Gasteiger partial charge in [0.25, 0.3) is 0 Å². The number of ether oxygens (including phenoxy) is 2. The average molecular weight is 289 g/mol. The van der Waals surface area contributed by atoms with E-state index in [1.165, 1.54) is 14.2 Å². The van der Waals surface area contributed by atoms with Gasteiger partial charge in [-0.05, 0) is 12.5 Å². The summed E-state index contributed by atoms with van der Waals surface area (Å²) in [5.41, 5.74) is 0.219. The Morgan fingerprint density at radius 3 is 2.14 bits per heavy atom. The lowest BCUT2D eigenvalue weighted by molar-refractivity contribution is 0.223. The Morgan fingerprint density at radius 2 is 1.67 bits per heavy atom. The van der Waals surface area contributed by atoms with Gasteiger partial charge in [-0.2, -0.15) is 9.97 Å². The monoisotopic (exact) mass is 289 g/mol. The van der Waals surface area contributed by atoms with Gasteiger partial charge in [-0.3, -0.25) is 0 Å². The van der Waals surface area contributed by atoms with Gasteiger partial charge in [0.2, 0.25) is 17.7 Å². The Morgan fingerprint density at radius 1 is 1.10 bits per heavy atom. The second kappa shape index (κ2) is 6.41. The van der Waals surface area contributed by atoms with Crippen molar-refractivity contribution >= 4 is 5.95 Å². The predicted octanol–water partition coefficient (Wildman–Crippen LogP) is 1.81. The van der Waals surface area contributed by atoms with Crippen LogP contribution in [0.4, 0.5) is 5.95 Å². The highest BCUT2D eigenvalue weighted by Crippen LogP contribution is 2.26. The number of hydrogen-bond donors (Lipinski definition) is 2. The van der Waals surface area contributed by atoms with Crippen LogP contribution in [0, 0.1) is 0 Å². The smallest absolute Gasteiger partial charge is 0.230 e. The Hall–Kier alpha value is -2.34. The molecule has 0 spiro atoms. The third kappa shape index (κ3) is 3.41. The summed E-state index contributed by atoms with van der Waals surface area (Å²) in [6, 6.07) is 11.2. The second-order valence-corrected chi connectivity index (χ2v) is 4.76. The van der Waals surface area contributed by atoms with Crippen molar-refractivity contribution in [3.63, 3.8) is 0 Å². The van der Waals surface area contributed by atoms with Crippen LogP contribution in [0.1, 0.15) is 12.5 Å². The highest BCUT2D eigenvalue weighted by molar-refractivity contribution is 5.40. The summed E-state index contributed by atoms with van der Waals surface area (Å²) in [4.78, 5) is 8.45. The molecule has 0 aliphatic rings. The fourth-order valence-electron chi connectivity index (χ4n) is 1.92. The van der Waals surface area contributed by atoms with Gasteiger partial charge in [-0.1, -0.05) is 30.3 Å². The first-order valence-electron chi connectivity index (χ1n) is 6.53. The molecule has 1 unspecified atom stereocenters. The van der Waals surface area contributed by atoms with Gasteiger partial charge in [0.05, 0.1) is 32.4 Å². The van der Waals surface area contributed by atoms with Crippen molar-refractivity contribution < 1.29 is 14.6 Å². The van der Waals surface area contributed by atoms with E-state index in [1.54, 1.807) is 6.07 Å². The van der Waals surface area contributed by atoms with E-state index in [0.29, 0.717) is 17.7 Å². The van der Waals surface area contributed by atoms with E-state index < -0.39 is 5.54 Å². The van der Waals surface area contributed by atoms with Crippen LogP contribution in [0.5, 0.6) is 11.8 Å². The number of aliphatic hydroxyl groups is 1. The topological polar surface area (TPSA) is 76.5 Å². The predicted molar refractivity (Wildman–Crippen MR) is 79.6 cm³/mol. The van der Waals surface area contributed by atoms with Gasteiger partial charge in [-0.15, -0.1) is 0 Å². The zero-order valence-corrected chi connectivity index (χ0v) is 12.3. The average Bonchev–Trinajstić information content (AvgIpc) is 2.55. The number of anilines is 1. The van der Waals surface area contributed by atoms with Crippen LogP contribution in [0.25, 0.3) is 0 Å². The van der Waals surface area contributed by atoms with Crippen LogP contribution in [0.2, 0.25) is 0 Å². The molecule has 0 bridgehead atoms. The molecule has 21 heavy (non-hydrogen) atoms. The van der Waals surface area contributed by atoms with Gasteiger partial charge in [0, 0.05) is 0 Å². The van der Waals surface area contributed by atoms with Gasteiger partial charge in [0.1, 0.15) is 0 Å². The first-order valence-corrected chi connectivity index (χ1v) is 6.53. The zero-order chi connectivity index (χ0) is 15.3. The summed E-state index contributed by atoms with van der Waals surface area (Å²) in [6.45, 7) is 1.76. The fraction of sp³-hybridized carbons (Fsp3) is 0.333. The summed E-state index contributed by atoms with van der Waals surface area (Å²) in [7, 11) is 3.04. The number of rotatable bonds is 6. The molecular weight excluding hydrogens is 270 g/mol. The maximum atomic E-state index is 9.77. The minimum atomic E-state index is -0.710. The molecule has 1 aromatic carbocycles. The molecule has 1 atom stereocenters. The van der Waals surface area contributed by atoms with E-state index in [9.17, 15) is 5.11 Å². The molecule has 0 radical (unpaired) electrons. The lowest BCUT2D eigenvalue weighted by Gasteiger charge is -2.29. The van der Waals surface area contributed by atoms with Crippen LogP contribution < -0.4 is 14.8 Å². The van der Waals surface area contributed by atoms with Gasteiger partial charge in [0.15, 0.2) is 0 Å². The van der Waals surface area contributed by atoms with E-state index in [0.717, 1.165) is 5.56 Å². The molecule has 0 aliphatic heterocycles. The lowest BCUT2D eigenvalue weighted by atomic mass is 9.93. The quantitative estimate of drug-likeness (QED) is 0.844.